The van der Waals surface area contributed by atoms with E-state index in [-0.39, 0.29) is 18.5 Å². The van der Waals surface area contributed by atoms with Crippen LogP contribution in [-0.2, 0) is 14.3 Å². The average molecular weight is 816 g/mol. The molecule has 0 rings (SSSR count). The van der Waals surface area contributed by atoms with Crippen molar-refractivity contribution < 1.29 is 24.5 Å². The fraction of sp³-hybridized carbons (Fsp3) is 0.846. The van der Waals surface area contributed by atoms with Crippen molar-refractivity contribution in [1.82, 2.24) is 5.32 Å². The molecule has 0 saturated carbocycles. The molecule has 340 valence electrons. The Hall–Kier alpha value is -1.92. The molecule has 0 aromatic rings. The van der Waals surface area contributed by atoms with Crippen molar-refractivity contribution in [2.24, 2.45) is 0 Å². The molecule has 0 bridgehead atoms. The van der Waals surface area contributed by atoms with E-state index >= 15 is 0 Å². The van der Waals surface area contributed by atoms with Crippen LogP contribution in [0.5, 0.6) is 0 Å². The molecule has 1 amide bonds. The van der Waals surface area contributed by atoms with Crippen molar-refractivity contribution >= 4 is 11.9 Å². The van der Waals surface area contributed by atoms with Gasteiger partial charge in [0.2, 0.25) is 5.91 Å². The fourth-order valence-electron chi connectivity index (χ4n) is 7.49. The van der Waals surface area contributed by atoms with E-state index in [1.54, 1.807) is 6.08 Å². The lowest BCUT2D eigenvalue weighted by molar-refractivity contribution is -0.143. The van der Waals surface area contributed by atoms with Gasteiger partial charge in [-0.3, -0.25) is 9.59 Å². The molecule has 6 heteroatoms. The molecule has 6 nitrogen and oxygen atoms in total. The minimum atomic E-state index is -0.851. The standard InChI is InChI=1S/C52H97NO5/c1-3-5-7-9-11-13-15-17-21-24-28-32-36-40-44-50(55)49(48-54)53-51(56)45-41-37-33-29-25-22-18-19-23-27-31-35-39-43-47-58-52(57)46-42-38-34-30-26-20-16-14-12-10-8-6-4-2/h8,10,14,16,40,44,49-50,54-55H,3-7,9,11-13,15,17-39,41-43,45-48H2,1-2H3,(H,53,56)/b10-8-,16-14-,44-40+. The third-order valence-electron chi connectivity index (χ3n) is 11.4. The molecule has 0 aliphatic heterocycles. The molecular weight excluding hydrogens is 719 g/mol. The number of nitrogens with one attached hydrogen (secondary N) is 1. The summed E-state index contributed by atoms with van der Waals surface area (Å²) in [7, 11) is 0. The molecule has 0 aliphatic carbocycles. The minimum absolute atomic E-state index is 0.0194. The van der Waals surface area contributed by atoms with Crippen molar-refractivity contribution in [2.75, 3.05) is 13.2 Å². The van der Waals surface area contributed by atoms with E-state index in [0.717, 1.165) is 70.6 Å². The lowest BCUT2D eigenvalue weighted by Crippen LogP contribution is -2.45. The molecule has 0 heterocycles. The molecule has 0 aromatic heterocycles. The number of aliphatic hydroxyl groups excluding tert-OH is 2. The molecule has 0 saturated heterocycles. The van der Waals surface area contributed by atoms with Crippen LogP contribution in [0.3, 0.4) is 0 Å². The first-order valence-corrected chi connectivity index (χ1v) is 25.3. The van der Waals surface area contributed by atoms with Crippen molar-refractivity contribution in [3.05, 3.63) is 36.5 Å². The number of amides is 1. The van der Waals surface area contributed by atoms with E-state index < -0.39 is 12.1 Å². The molecule has 2 atom stereocenters. The quantitative estimate of drug-likeness (QED) is 0.0323. The Balaban J connectivity index is 3.49. The van der Waals surface area contributed by atoms with Crippen LogP contribution in [0.1, 0.15) is 258 Å². The topological polar surface area (TPSA) is 95.9 Å². The van der Waals surface area contributed by atoms with Crippen LogP contribution in [0.4, 0.5) is 0 Å². The van der Waals surface area contributed by atoms with Crippen LogP contribution in [0.2, 0.25) is 0 Å². The van der Waals surface area contributed by atoms with Gasteiger partial charge in [-0.1, -0.05) is 224 Å². The lowest BCUT2D eigenvalue weighted by Gasteiger charge is -2.20. The predicted octanol–water partition coefficient (Wildman–Crippen LogP) is 14.9. The number of aliphatic hydroxyl groups is 2. The van der Waals surface area contributed by atoms with Crippen molar-refractivity contribution in [1.29, 1.82) is 0 Å². The van der Waals surface area contributed by atoms with E-state index in [0.29, 0.717) is 19.4 Å². The van der Waals surface area contributed by atoms with E-state index in [4.69, 9.17) is 4.74 Å². The molecule has 3 N–H and O–H groups in total. The van der Waals surface area contributed by atoms with E-state index in [2.05, 4.69) is 43.5 Å². The average Bonchev–Trinajstić information content (AvgIpc) is 3.22. The zero-order valence-electron chi connectivity index (χ0n) is 38.5. The lowest BCUT2D eigenvalue weighted by atomic mass is 10.0. The van der Waals surface area contributed by atoms with Crippen molar-refractivity contribution in [3.8, 4) is 0 Å². The van der Waals surface area contributed by atoms with Gasteiger partial charge in [-0.25, -0.2) is 0 Å². The van der Waals surface area contributed by atoms with E-state index in [9.17, 15) is 19.8 Å². The maximum Gasteiger partial charge on any atom is 0.305 e. The first-order valence-electron chi connectivity index (χ1n) is 25.3. The highest BCUT2D eigenvalue weighted by Crippen LogP contribution is 2.15. The smallest absolute Gasteiger partial charge is 0.305 e. The number of hydrogen-bond donors (Lipinski definition) is 3. The summed E-state index contributed by atoms with van der Waals surface area (Å²) in [5.41, 5.74) is 0. The van der Waals surface area contributed by atoms with E-state index in [1.807, 2.05) is 6.08 Å². The number of hydrogen-bond acceptors (Lipinski definition) is 5. The number of carbonyl (C=O) groups is 2. The van der Waals surface area contributed by atoms with Crippen molar-refractivity contribution in [2.45, 2.75) is 270 Å². The highest BCUT2D eigenvalue weighted by atomic mass is 16.5. The molecule has 58 heavy (non-hydrogen) atoms. The van der Waals surface area contributed by atoms with Gasteiger partial charge < -0.3 is 20.3 Å². The Kier molecular flexibility index (Phi) is 46.2. The predicted molar refractivity (Wildman–Crippen MR) is 250 cm³/mol. The van der Waals surface area contributed by atoms with E-state index in [1.165, 1.54) is 161 Å². The normalized spacial score (nSPS) is 13.0. The number of esters is 1. The van der Waals surface area contributed by atoms with Gasteiger partial charge in [-0.05, 0) is 57.8 Å². The number of carbonyl (C=O) groups excluding carboxylic acids is 2. The van der Waals surface area contributed by atoms with Gasteiger partial charge in [0.1, 0.15) is 0 Å². The van der Waals surface area contributed by atoms with Gasteiger partial charge >= 0.3 is 5.97 Å². The van der Waals surface area contributed by atoms with Crippen LogP contribution < -0.4 is 5.32 Å². The van der Waals surface area contributed by atoms with Gasteiger partial charge in [0.05, 0.1) is 25.4 Å². The van der Waals surface area contributed by atoms with Gasteiger partial charge in [0, 0.05) is 12.8 Å². The van der Waals surface area contributed by atoms with Crippen LogP contribution in [0.25, 0.3) is 0 Å². The largest absolute Gasteiger partial charge is 0.466 e. The van der Waals surface area contributed by atoms with Crippen molar-refractivity contribution in [3.63, 3.8) is 0 Å². The van der Waals surface area contributed by atoms with Crippen LogP contribution in [-0.4, -0.2) is 47.4 Å². The first-order chi connectivity index (χ1) is 28.5. The molecule has 0 aromatic carbocycles. The number of unbranched alkanes of at least 4 members (excludes halogenated alkanes) is 31. The Labute approximate surface area is 360 Å². The van der Waals surface area contributed by atoms with Gasteiger partial charge in [0.25, 0.3) is 0 Å². The maximum atomic E-state index is 12.4. The molecule has 0 spiro atoms. The second-order valence-electron chi connectivity index (χ2n) is 17.1. The summed E-state index contributed by atoms with van der Waals surface area (Å²) in [5, 5.41) is 23.0. The highest BCUT2D eigenvalue weighted by molar-refractivity contribution is 5.76. The Morgan fingerprint density at radius 2 is 0.897 bits per heavy atom. The molecular formula is C52H97NO5. The summed E-state index contributed by atoms with van der Waals surface area (Å²) in [6.45, 7) is 4.80. The zero-order chi connectivity index (χ0) is 42.3. The van der Waals surface area contributed by atoms with Crippen LogP contribution in [0.15, 0.2) is 36.5 Å². The van der Waals surface area contributed by atoms with Crippen LogP contribution >= 0.6 is 0 Å². The monoisotopic (exact) mass is 816 g/mol. The fourth-order valence-corrected chi connectivity index (χ4v) is 7.49. The molecule has 0 aliphatic rings. The molecule has 2 unspecified atom stereocenters. The summed E-state index contributed by atoms with van der Waals surface area (Å²) >= 11 is 0. The summed E-state index contributed by atoms with van der Waals surface area (Å²) in [5.74, 6) is -0.0993. The van der Waals surface area contributed by atoms with Gasteiger partial charge in [-0.2, -0.15) is 0 Å². The summed E-state index contributed by atoms with van der Waals surface area (Å²) < 4.78 is 5.44. The number of ether oxygens (including phenoxy) is 1. The summed E-state index contributed by atoms with van der Waals surface area (Å²) in [4.78, 5) is 24.4. The second-order valence-corrected chi connectivity index (χ2v) is 17.1. The van der Waals surface area contributed by atoms with Gasteiger partial charge in [0.15, 0.2) is 0 Å². The molecule has 0 radical (unpaired) electrons. The third kappa shape index (κ3) is 43.7. The Morgan fingerprint density at radius 1 is 0.483 bits per heavy atom. The maximum absolute atomic E-state index is 12.4. The first kappa shape index (κ1) is 56.1. The Morgan fingerprint density at radius 3 is 1.38 bits per heavy atom. The number of rotatable bonds is 46. The Bertz CT molecular complexity index is 946. The van der Waals surface area contributed by atoms with Gasteiger partial charge in [-0.15, -0.1) is 0 Å². The minimum Gasteiger partial charge on any atom is -0.466 e. The highest BCUT2D eigenvalue weighted by Gasteiger charge is 2.18. The SMILES string of the molecule is CCC/C=C\C/C=C\CCCCCCCC(=O)OCCCCCCCCCCCCCCCCC(=O)NC(CO)C(O)/C=C/CCCCCCCCCCCCCC. The molecule has 0 fully saturated rings. The second kappa shape index (κ2) is 47.8. The summed E-state index contributed by atoms with van der Waals surface area (Å²) in [6.07, 6.45) is 57.1. The number of allylic oxidation sites excluding steroid dienone is 5. The zero-order valence-corrected chi connectivity index (χ0v) is 38.5. The third-order valence-corrected chi connectivity index (χ3v) is 11.4. The van der Waals surface area contributed by atoms with Crippen LogP contribution in [0, 0.1) is 0 Å². The summed E-state index contributed by atoms with van der Waals surface area (Å²) in [6, 6.07) is -0.636.